The first-order valence-corrected chi connectivity index (χ1v) is 6.36. The number of hydrogen-bond donors (Lipinski definition) is 1. The Balaban J connectivity index is 1.99. The molecule has 0 aliphatic carbocycles. The number of nitrogens with one attached hydrogen (secondary N) is 1. The van der Waals surface area contributed by atoms with Gasteiger partial charge in [0.1, 0.15) is 11.6 Å². The van der Waals surface area contributed by atoms with Gasteiger partial charge in [-0.15, -0.1) is 0 Å². The predicted octanol–water partition coefficient (Wildman–Crippen LogP) is 3.50. The van der Waals surface area contributed by atoms with Crippen LogP contribution in [0.1, 0.15) is 28.8 Å². The Morgan fingerprint density at radius 1 is 1.15 bits per heavy atom. The van der Waals surface area contributed by atoms with Crippen LogP contribution >= 0.6 is 0 Å². The summed E-state index contributed by atoms with van der Waals surface area (Å²) in [4.78, 5) is 11.8. The second kappa shape index (κ2) is 6.28. The molecular weight excluding hydrogens is 260 g/mol. The van der Waals surface area contributed by atoms with Crippen LogP contribution in [0.2, 0.25) is 0 Å². The first kappa shape index (κ1) is 14.2. The standard InChI is InChI=1S/C16H15F2NO/c1-11(12-5-3-2-4-6-12)10-19-16(20)14-8-7-13(17)9-15(14)18/h2-9,11H,10H2,1H3,(H,19,20). The van der Waals surface area contributed by atoms with Gasteiger partial charge in [0.25, 0.3) is 5.91 Å². The molecule has 0 bridgehead atoms. The van der Waals surface area contributed by atoms with Crippen LogP contribution in [-0.4, -0.2) is 12.5 Å². The number of rotatable bonds is 4. The molecule has 1 atom stereocenters. The lowest BCUT2D eigenvalue weighted by Crippen LogP contribution is -2.28. The molecule has 1 unspecified atom stereocenters. The Kier molecular flexibility index (Phi) is 4.45. The van der Waals surface area contributed by atoms with Crippen molar-refractivity contribution in [3.8, 4) is 0 Å². The van der Waals surface area contributed by atoms with Crippen LogP contribution in [0.5, 0.6) is 0 Å². The minimum atomic E-state index is -0.852. The largest absolute Gasteiger partial charge is 0.351 e. The molecule has 2 aromatic carbocycles. The topological polar surface area (TPSA) is 29.1 Å². The minimum absolute atomic E-state index is 0.114. The number of carbonyl (C=O) groups is 1. The highest BCUT2D eigenvalue weighted by Gasteiger charge is 2.13. The number of benzene rings is 2. The predicted molar refractivity (Wildman–Crippen MR) is 73.5 cm³/mol. The normalized spacial score (nSPS) is 11.9. The van der Waals surface area contributed by atoms with E-state index in [1.54, 1.807) is 0 Å². The van der Waals surface area contributed by atoms with E-state index in [1.807, 2.05) is 37.3 Å². The van der Waals surface area contributed by atoms with Gasteiger partial charge in [-0.05, 0) is 23.6 Å². The zero-order valence-electron chi connectivity index (χ0n) is 11.1. The lowest BCUT2D eigenvalue weighted by Gasteiger charge is -2.13. The second-order valence-corrected chi connectivity index (χ2v) is 4.65. The zero-order valence-corrected chi connectivity index (χ0v) is 11.1. The fourth-order valence-corrected chi connectivity index (χ4v) is 1.91. The first-order chi connectivity index (χ1) is 9.58. The van der Waals surface area contributed by atoms with E-state index >= 15 is 0 Å². The third-order valence-corrected chi connectivity index (χ3v) is 3.11. The van der Waals surface area contributed by atoms with Crippen LogP contribution in [-0.2, 0) is 0 Å². The maximum Gasteiger partial charge on any atom is 0.254 e. The van der Waals surface area contributed by atoms with Gasteiger partial charge in [-0.2, -0.15) is 0 Å². The Labute approximate surface area is 116 Å². The van der Waals surface area contributed by atoms with Crippen LogP contribution in [0.25, 0.3) is 0 Å². The van der Waals surface area contributed by atoms with Gasteiger partial charge in [-0.25, -0.2) is 8.78 Å². The van der Waals surface area contributed by atoms with E-state index in [2.05, 4.69) is 5.32 Å². The molecular formula is C16H15F2NO. The number of amides is 1. The molecule has 0 fully saturated rings. The molecule has 2 rings (SSSR count). The molecule has 4 heteroatoms. The zero-order chi connectivity index (χ0) is 14.5. The van der Waals surface area contributed by atoms with Crippen LogP contribution in [0.3, 0.4) is 0 Å². The van der Waals surface area contributed by atoms with Crippen molar-refractivity contribution in [3.05, 3.63) is 71.3 Å². The molecule has 0 aromatic heterocycles. The highest BCUT2D eigenvalue weighted by atomic mass is 19.1. The number of hydrogen-bond acceptors (Lipinski definition) is 1. The summed E-state index contributed by atoms with van der Waals surface area (Å²) >= 11 is 0. The van der Waals surface area contributed by atoms with E-state index in [0.29, 0.717) is 12.6 Å². The summed E-state index contributed by atoms with van der Waals surface area (Å²) in [7, 11) is 0. The average molecular weight is 275 g/mol. The SMILES string of the molecule is CC(CNC(=O)c1ccc(F)cc1F)c1ccccc1. The molecule has 0 aliphatic heterocycles. The highest BCUT2D eigenvalue weighted by molar-refractivity contribution is 5.94. The summed E-state index contributed by atoms with van der Waals surface area (Å²) < 4.78 is 26.2. The van der Waals surface area contributed by atoms with Crippen LogP contribution < -0.4 is 5.32 Å². The summed E-state index contributed by atoms with van der Waals surface area (Å²) in [6, 6.07) is 12.6. The summed E-state index contributed by atoms with van der Waals surface area (Å²) in [5.41, 5.74) is 0.944. The fraction of sp³-hybridized carbons (Fsp3) is 0.188. The van der Waals surface area contributed by atoms with Gasteiger partial charge in [0, 0.05) is 12.6 Å². The smallest absolute Gasteiger partial charge is 0.254 e. The van der Waals surface area contributed by atoms with Gasteiger partial charge >= 0.3 is 0 Å². The van der Waals surface area contributed by atoms with E-state index in [-0.39, 0.29) is 11.5 Å². The molecule has 0 heterocycles. The third-order valence-electron chi connectivity index (χ3n) is 3.11. The van der Waals surface area contributed by atoms with Crippen molar-refractivity contribution < 1.29 is 13.6 Å². The van der Waals surface area contributed by atoms with Crippen molar-refractivity contribution >= 4 is 5.91 Å². The average Bonchev–Trinajstić information content (AvgIpc) is 2.45. The van der Waals surface area contributed by atoms with Crippen LogP contribution in [0.15, 0.2) is 48.5 Å². The Bertz CT molecular complexity index is 599. The molecule has 0 saturated carbocycles. The van der Waals surface area contributed by atoms with Crippen molar-refractivity contribution in [3.63, 3.8) is 0 Å². The molecule has 104 valence electrons. The number of halogens is 2. The Morgan fingerprint density at radius 3 is 2.50 bits per heavy atom. The number of carbonyl (C=O) groups excluding carboxylic acids is 1. The van der Waals surface area contributed by atoms with Gasteiger partial charge in [0.2, 0.25) is 0 Å². The molecule has 1 N–H and O–H groups in total. The summed E-state index contributed by atoms with van der Waals surface area (Å²) in [5, 5.41) is 2.66. The first-order valence-electron chi connectivity index (χ1n) is 6.36. The van der Waals surface area contributed by atoms with E-state index in [4.69, 9.17) is 0 Å². The van der Waals surface area contributed by atoms with Crippen molar-refractivity contribution in [2.75, 3.05) is 6.54 Å². The summed E-state index contributed by atoms with van der Waals surface area (Å²) in [6.07, 6.45) is 0. The Morgan fingerprint density at radius 2 is 1.85 bits per heavy atom. The van der Waals surface area contributed by atoms with E-state index in [9.17, 15) is 13.6 Å². The molecule has 0 radical (unpaired) electrons. The maximum absolute atomic E-state index is 13.4. The molecule has 0 aliphatic rings. The van der Waals surface area contributed by atoms with Gasteiger partial charge in [0.05, 0.1) is 5.56 Å². The third kappa shape index (κ3) is 3.41. The Hall–Kier alpha value is -2.23. The van der Waals surface area contributed by atoms with Gasteiger partial charge in [0.15, 0.2) is 0 Å². The lowest BCUT2D eigenvalue weighted by molar-refractivity contribution is 0.0947. The van der Waals surface area contributed by atoms with E-state index in [1.165, 1.54) is 0 Å². The van der Waals surface area contributed by atoms with Crippen molar-refractivity contribution in [2.45, 2.75) is 12.8 Å². The molecule has 0 saturated heterocycles. The minimum Gasteiger partial charge on any atom is -0.351 e. The summed E-state index contributed by atoms with van der Waals surface area (Å²) in [5.74, 6) is -1.97. The van der Waals surface area contributed by atoms with Crippen molar-refractivity contribution in [2.24, 2.45) is 0 Å². The van der Waals surface area contributed by atoms with Crippen molar-refractivity contribution in [1.29, 1.82) is 0 Å². The molecule has 2 aromatic rings. The van der Waals surface area contributed by atoms with Gasteiger partial charge < -0.3 is 5.32 Å². The van der Waals surface area contributed by atoms with Crippen LogP contribution in [0.4, 0.5) is 8.78 Å². The maximum atomic E-state index is 13.4. The van der Waals surface area contributed by atoms with Gasteiger partial charge in [-0.3, -0.25) is 4.79 Å². The highest BCUT2D eigenvalue weighted by Crippen LogP contribution is 2.14. The van der Waals surface area contributed by atoms with Gasteiger partial charge in [-0.1, -0.05) is 37.3 Å². The quantitative estimate of drug-likeness (QED) is 0.909. The second-order valence-electron chi connectivity index (χ2n) is 4.65. The molecule has 2 nitrogen and oxygen atoms in total. The van der Waals surface area contributed by atoms with Crippen molar-refractivity contribution in [1.82, 2.24) is 5.32 Å². The molecule has 20 heavy (non-hydrogen) atoms. The van der Waals surface area contributed by atoms with Crippen LogP contribution in [0, 0.1) is 11.6 Å². The molecule has 0 spiro atoms. The van der Waals surface area contributed by atoms with E-state index < -0.39 is 17.5 Å². The van der Waals surface area contributed by atoms with E-state index in [0.717, 1.165) is 17.7 Å². The summed E-state index contributed by atoms with van der Waals surface area (Å²) in [6.45, 7) is 2.36. The molecule has 1 amide bonds. The lowest BCUT2D eigenvalue weighted by atomic mass is 10.0. The fourth-order valence-electron chi connectivity index (χ4n) is 1.91. The monoisotopic (exact) mass is 275 g/mol.